The minimum atomic E-state index is -0.249. The Labute approximate surface area is 148 Å². The molecule has 0 radical (unpaired) electrons. The van der Waals surface area contributed by atoms with Gasteiger partial charge in [-0.15, -0.1) is 0 Å². The first-order valence-electron chi connectivity index (χ1n) is 7.29. The molecule has 0 N–H and O–H groups in total. The normalized spacial score (nSPS) is 11.3. The van der Waals surface area contributed by atoms with E-state index in [-0.39, 0.29) is 5.82 Å². The summed E-state index contributed by atoms with van der Waals surface area (Å²) in [5.74, 6) is -0.249. The lowest BCUT2D eigenvalue weighted by Gasteiger charge is -2.09. The number of benzene rings is 2. The summed E-state index contributed by atoms with van der Waals surface area (Å²) in [6, 6.07) is 16.7. The van der Waals surface area contributed by atoms with Crippen LogP contribution in [0.1, 0.15) is 17.0 Å². The molecule has 23 heavy (non-hydrogen) atoms. The molecule has 0 aliphatic rings. The molecule has 0 aliphatic heterocycles. The third-order valence-electron chi connectivity index (χ3n) is 3.73. The molecule has 1 aromatic heterocycles. The number of aromatic nitrogens is 1. The van der Waals surface area contributed by atoms with Crippen molar-refractivity contribution in [3.63, 3.8) is 0 Å². The van der Waals surface area contributed by atoms with E-state index in [0.29, 0.717) is 0 Å². The van der Waals surface area contributed by atoms with Gasteiger partial charge >= 0.3 is 0 Å². The lowest BCUT2D eigenvalue weighted by Crippen LogP contribution is -1.99. The van der Waals surface area contributed by atoms with Crippen molar-refractivity contribution >= 4 is 34.5 Å². The SMILES string of the molecule is Cc1cc(C=Nc2ccc(F)cc2)c(C)n1-c1ccc(I)cc1. The van der Waals surface area contributed by atoms with Crippen LogP contribution in [-0.4, -0.2) is 10.8 Å². The molecular weight excluding hydrogens is 402 g/mol. The lowest BCUT2D eigenvalue weighted by molar-refractivity contribution is 0.628. The highest BCUT2D eigenvalue weighted by Gasteiger charge is 2.09. The summed E-state index contributed by atoms with van der Waals surface area (Å²) in [7, 11) is 0. The van der Waals surface area contributed by atoms with Gasteiger partial charge in [-0.25, -0.2) is 4.39 Å². The van der Waals surface area contributed by atoms with Crippen LogP contribution >= 0.6 is 22.6 Å². The van der Waals surface area contributed by atoms with Crippen LogP contribution in [0.2, 0.25) is 0 Å². The van der Waals surface area contributed by atoms with E-state index in [1.54, 1.807) is 12.1 Å². The Morgan fingerprint density at radius 1 is 1.00 bits per heavy atom. The van der Waals surface area contributed by atoms with E-state index in [9.17, 15) is 4.39 Å². The maximum Gasteiger partial charge on any atom is 0.123 e. The van der Waals surface area contributed by atoms with Crippen molar-refractivity contribution in [2.75, 3.05) is 0 Å². The first-order valence-corrected chi connectivity index (χ1v) is 8.37. The van der Waals surface area contributed by atoms with Gasteiger partial charge in [0.1, 0.15) is 5.82 Å². The Morgan fingerprint density at radius 2 is 1.65 bits per heavy atom. The summed E-state index contributed by atoms with van der Waals surface area (Å²) in [5.41, 5.74) is 5.23. The molecule has 4 heteroatoms. The Kier molecular flexibility index (Phi) is 4.61. The first kappa shape index (κ1) is 15.9. The molecule has 0 saturated heterocycles. The number of halogens is 2. The van der Waals surface area contributed by atoms with Crippen LogP contribution in [0.3, 0.4) is 0 Å². The zero-order valence-electron chi connectivity index (χ0n) is 12.9. The van der Waals surface area contributed by atoms with Gasteiger partial charge in [-0.3, -0.25) is 4.99 Å². The summed E-state index contributed by atoms with van der Waals surface area (Å²) >= 11 is 2.30. The Hall–Kier alpha value is -1.95. The van der Waals surface area contributed by atoms with Gasteiger partial charge in [0.25, 0.3) is 0 Å². The second kappa shape index (κ2) is 6.66. The minimum absolute atomic E-state index is 0.249. The van der Waals surface area contributed by atoms with E-state index in [1.165, 1.54) is 15.7 Å². The van der Waals surface area contributed by atoms with Crippen molar-refractivity contribution in [1.29, 1.82) is 0 Å². The minimum Gasteiger partial charge on any atom is -0.318 e. The highest BCUT2D eigenvalue weighted by Crippen LogP contribution is 2.21. The summed E-state index contributed by atoms with van der Waals surface area (Å²) in [6.45, 7) is 4.16. The maximum absolute atomic E-state index is 12.9. The van der Waals surface area contributed by atoms with Crippen molar-refractivity contribution in [1.82, 2.24) is 4.57 Å². The summed E-state index contributed by atoms with van der Waals surface area (Å²) in [4.78, 5) is 4.43. The molecule has 3 aromatic rings. The Morgan fingerprint density at radius 3 is 2.30 bits per heavy atom. The second-order valence-corrected chi connectivity index (χ2v) is 6.62. The van der Waals surface area contributed by atoms with Crippen LogP contribution in [0.15, 0.2) is 59.6 Å². The van der Waals surface area contributed by atoms with Crippen LogP contribution in [0.5, 0.6) is 0 Å². The highest BCUT2D eigenvalue weighted by atomic mass is 127. The fraction of sp³-hybridized carbons (Fsp3) is 0.105. The molecule has 0 aliphatic carbocycles. The topological polar surface area (TPSA) is 17.3 Å². The number of rotatable bonds is 3. The van der Waals surface area contributed by atoms with E-state index in [1.807, 2.05) is 6.21 Å². The molecule has 0 spiro atoms. The van der Waals surface area contributed by atoms with Gasteiger partial charge in [0.2, 0.25) is 0 Å². The third kappa shape index (κ3) is 3.52. The van der Waals surface area contributed by atoms with Crippen molar-refractivity contribution in [3.8, 4) is 5.69 Å². The summed E-state index contributed by atoms with van der Waals surface area (Å²) < 4.78 is 16.4. The quantitative estimate of drug-likeness (QED) is 0.390. The lowest BCUT2D eigenvalue weighted by atomic mass is 10.2. The predicted molar refractivity (Wildman–Crippen MR) is 102 cm³/mol. The van der Waals surface area contributed by atoms with E-state index in [4.69, 9.17) is 0 Å². The molecule has 0 amide bonds. The molecule has 3 rings (SSSR count). The molecule has 0 saturated carbocycles. The molecule has 0 bridgehead atoms. The zero-order chi connectivity index (χ0) is 16.4. The number of hydrogen-bond donors (Lipinski definition) is 0. The van der Waals surface area contributed by atoms with Crippen molar-refractivity contribution in [3.05, 3.63) is 80.9 Å². The number of nitrogens with zero attached hydrogens (tertiary/aromatic N) is 2. The van der Waals surface area contributed by atoms with E-state index >= 15 is 0 Å². The van der Waals surface area contributed by atoms with Gasteiger partial charge in [0, 0.05) is 32.4 Å². The van der Waals surface area contributed by atoms with Crippen LogP contribution in [0.4, 0.5) is 10.1 Å². The van der Waals surface area contributed by atoms with Gasteiger partial charge < -0.3 is 4.57 Å². The standard InChI is InChI=1S/C19H16FIN2/c1-13-11-15(12-22-18-7-3-16(20)4-8-18)14(2)23(13)19-9-5-17(21)6-10-19/h3-12H,1-2H3. The largest absolute Gasteiger partial charge is 0.318 e. The fourth-order valence-corrected chi connectivity index (χ4v) is 2.94. The van der Waals surface area contributed by atoms with Crippen molar-refractivity contribution < 1.29 is 4.39 Å². The van der Waals surface area contributed by atoms with Crippen LogP contribution in [0, 0.1) is 23.2 Å². The van der Waals surface area contributed by atoms with Crippen LogP contribution in [0.25, 0.3) is 5.69 Å². The van der Waals surface area contributed by atoms with Gasteiger partial charge in [0.15, 0.2) is 0 Å². The molecule has 0 unspecified atom stereocenters. The predicted octanol–water partition coefficient (Wildman–Crippen LogP) is 5.59. The van der Waals surface area contributed by atoms with E-state index < -0.39 is 0 Å². The molecule has 1 heterocycles. The van der Waals surface area contributed by atoms with Gasteiger partial charge in [-0.05, 0) is 91.0 Å². The molecule has 0 fully saturated rings. The monoisotopic (exact) mass is 418 g/mol. The highest BCUT2D eigenvalue weighted by molar-refractivity contribution is 14.1. The first-order chi connectivity index (χ1) is 11.0. The van der Waals surface area contributed by atoms with Gasteiger partial charge in [-0.2, -0.15) is 0 Å². The Bertz CT molecular complexity index is 846. The van der Waals surface area contributed by atoms with E-state index in [0.717, 1.165) is 28.3 Å². The fourth-order valence-electron chi connectivity index (χ4n) is 2.58. The Balaban J connectivity index is 1.94. The third-order valence-corrected chi connectivity index (χ3v) is 4.45. The van der Waals surface area contributed by atoms with Crippen LogP contribution < -0.4 is 0 Å². The summed E-state index contributed by atoms with van der Waals surface area (Å²) in [6.07, 6.45) is 1.83. The van der Waals surface area contributed by atoms with Gasteiger partial charge in [-0.1, -0.05) is 0 Å². The van der Waals surface area contributed by atoms with Crippen molar-refractivity contribution in [2.24, 2.45) is 4.99 Å². The zero-order valence-corrected chi connectivity index (χ0v) is 15.1. The van der Waals surface area contributed by atoms with Gasteiger partial charge in [0.05, 0.1) is 5.69 Å². The average Bonchev–Trinajstić information content (AvgIpc) is 2.82. The van der Waals surface area contributed by atoms with Crippen LogP contribution in [-0.2, 0) is 0 Å². The van der Waals surface area contributed by atoms with E-state index in [2.05, 4.69) is 76.3 Å². The summed E-state index contributed by atoms with van der Waals surface area (Å²) in [5, 5.41) is 0. The number of hydrogen-bond acceptors (Lipinski definition) is 1. The molecule has 0 atom stereocenters. The number of aryl methyl sites for hydroxylation is 1. The maximum atomic E-state index is 12.9. The molecular formula is C19H16FIN2. The second-order valence-electron chi connectivity index (χ2n) is 5.37. The number of aliphatic imine (C=N–C) groups is 1. The van der Waals surface area contributed by atoms with Crippen molar-refractivity contribution in [2.45, 2.75) is 13.8 Å². The smallest absolute Gasteiger partial charge is 0.123 e. The average molecular weight is 418 g/mol. The molecule has 116 valence electrons. The molecule has 2 nitrogen and oxygen atoms in total. The molecule has 2 aromatic carbocycles.